The second-order valence-corrected chi connectivity index (χ2v) is 4.37. The number of rotatable bonds is 1. The number of carbonyl (C=O) groups excluding carboxylic acids is 1. The summed E-state index contributed by atoms with van der Waals surface area (Å²) in [6, 6.07) is 5.66. The van der Waals surface area contributed by atoms with Gasteiger partial charge in [-0.2, -0.15) is 5.10 Å². The van der Waals surface area contributed by atoms with Gasteiger partial charge in [-0.15, -0.1) is 0 Å². The van der Waals surface area contributed by atoms with Gasteiger partial charge in [-0.05, 0) is 24.6 Å². The monoisotopic (exact) mass is 230 g/mol. The van der Waals surface area contributed by atoms with Crippen LogP contribution in [0.3, 0.4) is 0 Å². The van der Waals surface area contributed by atoms with Crippen molar-refractivity contribution in [3.63, 3.8) is 0 Å². The first-order chi connectivity index (χ1) is 8.16. The second kappa shape index (κ2) is 3.48. The van der Waals surface area contributed by atoms with Crippen molar-refractivity contribution in [1.29, 1.82) is 0 Å². The first-order valence-electron chi connectivity index (χ1n) is 5.69. The number of hydrogen-bond acceptors (Lipinski definition) is 3. The molecule has 1 fully saturated rings. The molecule has 2 heterocycles. The van der Waals surface area contributed by atoms with Gasteiger partial charge in [0.1, 0.15) is 0 Å². The largest absolute Gasteiger partial charge is 0.399 e. The van der Waals surface area contributed by atoms with Gasteiger partial charge in [0.25, 0.3) is 0 Å². The molecular formula is C12H14N4O. The van der Waals surface area contributed by atoms with Gasteiger partial charge in [0, 0.05) is 31.1 Å². The number of aromatic nitrogens is 2. The Hall–Kier alpha value is -2.04. The summed E-state index contributed by atoms with van der Waals surface area (Å²) in [5, 5.41) is 5.38. The lowest BCUT2D eigenvalue weighted by molar-refractivity contribution is -0.117. The zero-order valence-corrected chi connectivity index (χ0v) is 9.68. The lowest BCUT2D eigenvalue weighted by atomic mass is 10.2. The van der Waals surface area contributed by atoms with Gasteiger partial charge < -0.3 is 5.73 Å². The molecule has 17 heavy (non-hydrogen) atoms. The topological polar surface area (TPSA) is 64.2 Å². The van der Waals surface area contributed by atoms with E-state index >= 15 is 0 Å². The number of aryl methyl sites for hydroxylation is 1. The minimum absolute atomic E-state index is 0.146. The third-order valence-electron chi connectivity index (χ3n) is 3.18. The van der Waals surface area contributed by atoms with Gasteiger partial charge in [-0.3, -0.25) is 14.4 Å². The Bertz CT molecular complexity index is 602. The summed E-state index contributed by atoms with van der Waals surface area (Å²) in [7, 11) is 1.88. The molecule has 1 aromatic heterocycles. The maximum atomic E-state index is 11.8. The third kappa shape index (κ3) is 1.46. The Balaban J connectivity index is 2.22. The van der Waals surface area contributed by atoms with Crippen LogP contribution in [0.2, 0.25) is 0 Å². The molecule has 2 N–H and O–H groups in total. The lowest BCUT2D eigenvalue weighted by Gasteiger charge is -2.12. The Morgan fingerprint density at radius 3 is 2.94 bits per heavy atom. The van der Waals surface area contributed by atoms with Gasteiger partial charge in [0.05, 0.1) is 5.52 Å². The number of amides is 1. The molecule has 1 saturated heterocycles. The van der Waals surface area contributed by atoms with Crippen LogP contribution < -0.4 is 10.6 Å². The number of anilines is 2. The first kappa shape index (κ1) is 10.1. The van der Waals surface area contributed by atoms with Crippen molar-refractivity contribution in [2.24, 2.45) is 7.05 Å². The van der Waals surface area contributed by atoms with E-state index in [9.17, 15) is 4.79 Å². The SMILES string of the molecule is Cn1nc(N2CCCC2=O)c2cc(N)ccc21. The van der Waals surface area contributed by atoms with Crippen LogP contribution in [0.4, 0.5) is 11.5 Å². The summed E-state index contributed by atoms with van der Waals surface area (Å²) in [6.45, 7) is 0.750. The average molecular weight is 230 g/mol. The number of nitrogens with two attached hydrogens (primary N) is 1. The molecule has 0 spiro atoms. The van der Waals surface area contributed by atoms with Gasteiger partial charge in [0.15, 0.2) is 5.82 Å². The van der Waals surface area contributed by atoms with Crippen LogP contribution in [0.1, 0.15) is 12.8 Å². The number of benzene rings is 1. The van der Waals surface area contributed by atoms with Gasteiger partial charge in [-0.25, -0.2) is 0 Å². The van der Waals surface area contributed by atoms with E-state index in [1.807, 2.05) is 25.2 Å². The van der Waals surface area contributed by atoms with E-state index in [4.69, 9.17) is 5.73 Å². The van der Waals surface area contributed by atoms with Crippen molar-refractivity contribution in [2.75, 3.05) is 17.2 Å². The quantitative estimate of drug-likeness (QED) is 0.750. The van der Waals surface area contributed by atoms with Crippen molar-refractivity contribution >= 4 is 28.3 Å². The molecule has 0 atom stereocenters. The zero-order valence-electron chi connectivity index (χ0n) is 9.68. The van der Waals surface area contributed by atoms with E-state index < -0.39 is 0 Å². The van der Waals surface area contributed by atoms with E-state index in [0.717, 1.165) is 29.7 Å². The Morgan fingerprint density at radius 1 is 1.41 bits per heavy atom. The molecule has 0 aliphatic carbocycles. The van der Waals surface area contributed by atoms with Gasteiger partial charge >= 0.3 is 0 Å². The molecule has 0 saturated carbocycles. The Morgan fingerprint density at radius 2 is 2.24 bits per heavy atom. The van der Waals surface area contributed by atoms with Crippen molar-refractivity contribution < 1.29 is 4.79 Å². The molecule has 0 unspecified atom stereocenters. The standard InChI is InChI=1S/C12H14N4O/c1-15-10-5-4-8(13)7-9(10)12(14-15)16-6-2-3-11(16)17/h4-5,7H,2-3,6,13H2,1H3. The van der Waals surface area contributed by atoms with Gasteiger partial charge in [-0.1, -0.05) is 0 Å². The summed E-state index contributed by atoms with van der Waals surface area (Å²) < 4.78 is 1.79. The summed E-state index contributed by atoms with van der Waals surface area (Å²) in [5.74, 6) is 0.879. The minimum atomic E-state index is 0.146. The maximum absolute atomic E-state index is 11.8. The summed E-state index contributed by atoms with van der Waals surface area (Å²) in [4.78, 5) is 13.5. The van der Waals surface area contributed by atoms with E-state index in [2.05, 4.69) is 5.10 Å². The predicted octanol–water partition coefficient (Wildman–Crippen LogP) is 1.28. The molecule has 2 aromatic rings. The number of carbonyl (C=O) groups is 1. The highest BCUT2D eigenvalue weighted by Gasteiger charge is 2.26. The first-order valence-corrected chi connectivity index (χ1v) is 5.69. The number of nitrogens with zero attached hydrogens (tertiary/aromatic N) is 3. The minimum Gasteiger partial charge on any atom is -0.399 e. The fourth-order valence-corrected chi connectivity index (χ4v) is 2.34. The average Bonchev–Trinajstić information content (AvgIpc) is 2.83. The molecule has 5 heteroatoms. The molecule has 0 bridgehead atoms. The highest BCUT2D eigenvalue weighted by Crippen LogP contribution is 2.30. The van der Waals surface area contributed by atoms with Crippen molar-refractivity contribution in [3.8, 4) is 0 Å². The molecule has 0 radical (unpaired) electrons. The second-order valence-electron chi connectivity index (χ2n) is 4.37. The van der Waals surface area contributed by atoms with Gasteiger partial charge in [0.2, 0.25) is 5.91 Å². The molecule has 1 amide bonds. The predicted molar refractivity (Wildman–Crippen MR) is 66.7 cm³/mol. The highest BCUT2D eigenvalue weighted by atomic mass is 16.2. The van der Waals surface area contributed by atoms with E-state index in [1.165, 1.54) is 0 Å². The normalized spacial score (nSPS) is 16.1. The summed E-state index contributed by atoms with van der Waals surface area (Å²) >= 11 is 0. The molecule has 5 nitrogen and oxygen atoms in total. The third-order valence-corrected chi connectivity index (χ3v) is 3.18. The van der Waals surface area contributed by atoms with Crippen LogP contribution in [-0.4, -0.2) is 22.2 Å². The Labute approximate surface area is 98.8 Å². The van der Waals surface area contributed by atoms with E-state index in [0.29, 0.717) is 12.1 Å². The lowest BCUT2D eigenvalue weighted by Crippen LogP contribution is -2.24. The number of fused-ring (bicyclic) bond motifs is 1. The zero-order chi connectivity index (χ0) is 12.0. The molecule has 1 aliphatic heterocycles. The highest BCUT2D eigenvalue weighted by molar-refractivity contribution is 6.03. The van der Waals surface area contributed by atoms with Crippen LogP contribution in [0.5, 0.6) is 0 Å². The molecule has 3 rings (SSSR count). The van der Waals surface area contributed by atoms with Crippen molar-refractivity contribution in [3.05, 3.63) is 18.2 Å². The maximum Gasteiger partial charge on any atom is 0.228 e. The number of hydrogen-bond donors (Lipinski definition) is 1. The molecule has 88 valence electrons. The van der Waals surface area contributed by atoms with E-state index in [-0.39, 0.29) is 5.91 Å². The van der Waals surface area contributed by atoms with Crippen molar-refractivity contribution in [2.45, 2.75) is 12.8 Å². The molecule has 1 aromatic carbocycles. The van der Waals surface area contributed by atoms with Crippen LogP contribution in [-0.2, 0) is 11.8 Å². The fraction of sp³-hybridized carbons (Fsp3) is 0.333. The summed E-state index contributed by atoms with van der Waals surface area (Å²) in [5.41, 5.74) is 7.48. The van der Waals surface area contributed by atoms with Crippen LogP contribution >= 0.6 is 0 Å². The molecular weight excluding hydrogens is 216 g/mol. The van der Waals surface area contributed by atoms with Crippen molar-refractivity contribution in [1.82, 2.24) is 9.78 Å². The van der Waals surface area contributed by atoms with Crippen LogP contribution in [0, 0.1) is 0 Å². The number of nitrogen functional groups attached to an aromatic ring is 1. The van der Waals surface area contributed by atoms with Crippen LogP contribution in [0.15, 0.2) is 18.2 Å². The smallest absolute Gasteiger partial charge is 0.228 e. The van der Waals surface area contributed by atoms with E-state index in [1.54, 1.807) is 9.58 Å². The molecule has 1 aliphatic rings. The van der Waals surface area contributed by atoms with Crippen LogP contribution in [0.25, 0.3) is 10.9 Å². The Kier molecular flexibility index (Phi) is 2.07. The fourth-order valence-electron chi connectivity index (χ4n) is 2.34. The summed E-state index contributed by atoms with van der Waals surface area (Å²) in [6.07, 6.45) is 1.51.